The predicted molar refractivity (Wildman–Crippen MR) is 110 cm³/mol. The number of halogens is 1. The number of benzene rings is 1. The molecule has 2 heterocycles. The van der Waals surface area contributed by atoms with Gasteiger partial charge in [0.1, 0.15) is 5.75 Å². The molecule has 1 N–H and O–H groups in total. The van der Waals surface area contributed by atoms with Crippen LogP contribution in [0.15, 0.2) is 29.4 Å². The fourth-order valence-electron chi connectivity index (χ4n) is 2.71. The van der Waals surface area contributed by atoms with Crippen LogP contribution in [0.3, 0.4) is 0 Å². The van der Waals surface area contributed by atoms with Crippen LogP contribution in [0, 0.1) is 11.3 Å². The summed E-state index contributed by atoms with van der Waals surface area (Å²) in [6.07, 6.45) is 4.33. The van der Waals surface area contributed by atoms with E-state index < -0.39 is 12.0 Å². The Bertz CT molecular complexity index is 885. The standard InChI is InChI=1S/C19H20ClN5O2S/c1-13(27-15-7-5-14(11-21)6-8-15)18(26)24-22-12-16-17(20)23-19(28-16)25-9-3-2-4-10-25/h5-8,12-13H,2-4,9-10H2,1H3,(H,24,26)/b22-12-/t13-/m0/s1. The maximum Gasteiger partial charge on any atom is 0.280 e. The van der Waals surface area contributed by atoms with Gasteiger partial charge in [-0.3, -0.25) is 4.79 Å². The van der Waals surface area contributed by atoms with Crippen LogP contribution >= 0.6 is 22.9 Å². The minimum Gasteiger partial charge on any atom is -0.481 e. The summed E-state index contributed by atoms with van der Waals surface area (Å²) in [5.41, 5.74) is 2.98. The summed E-state index contributed by atoms with van der Waals surface area (Å²) in [6.45, 7) is 3.60. The summed E-state index contributed by atoms with van der Waals surface area (Å²) >= 11 is 7.65. The molecule has 1 aromatic heterocycles. The molecule has 0 saturated carbocycles. The molecule has 146 valence electrons. The summed E-state index contributed by atoms with van der Waals surface area (Å²) in [5.74, 6) is 0.111. The first kappa shape index (κ1) is 20.1. The Hall–Kier alpha value is -2.63. The number of nitriles is 1. The Kier molecular flexibility index (Phi) is 6.85. The fraction of sp³-hybridized carbons (Fsp3) is 0.368. The van der Waals surface area contributed by atoms with Crippen molar-refractivity contribution in [3.63, 3.8) is 0 Å². The molecule has 3 rings (SSSR count). The zero-order valence-electron chi connectivity index (χ0n) is 15.4. The van der Waals surface area contributed by atoms with Gasteiger partial charge in [0.2, 0.25) is 0 Å². The van der Waals surface area contributed by atoms with Crippen molar-refractivity contribution in [2.45, 2.75) is 32.3 Å². The quantitative estimate of drug-likeness (QED) is 0.573. The van der Waals surface area contributed by atoms with Gasteiger partial charge in [-0.2, -0.15) is 10.4 Å². The minimum absolute atomic E-state index is 0.380. The van der Waals surface area contributed by atoms with Gasteiger partial charge in [0, 0.05) is 13.1 Å². The van der Waals surface area contributed by atoms with Crippen molar-refractivity contribution >= 4 is 40.2 Å². The summed E-state index contributed by atoms with van der Waals surface area (Å²) < 4.78 is 5.55. The SMILES string of the molecule is C[C@H](Oc1ccc(C#N)cc1)C(=O)N/N=C\c1sc(N2CCCCC2)nc1Cl. The highest BCUT2D eigenvalue weighted by atomic mass is 35.5. The third-order valence-electron chi connectivity index (χ3n) is 4.25. The van der Waals surface area contributed by atoms with Crippen molar-refractivity contribution in [1.29, 1.82) is 5.26 Å². The van der Waals surface area contributed by atoms with Gasteiger partial charge in [-0.05, 0) is 50.5 Å². The number of aromatic nitrogens is 1. The molecule has 1 atom stereocenters. The van der Waals surface area contributed by atoms with Crippen molar-refractivity contribution in [1.82, 2.24) is 10.4 Å². The van der Waals surface area contributed by atoms with Gasteiger partial charge < -0.3 is 9.64 Å². The molecule has 1 fully saturated rings. The average Bonchev–Trinajstić information content (AvgIpc) is 3.09. The highest BCUT2D eigenvalue weighted by molar-refractivity contribution is 7.17. The number of ether oxygens (including phenoxy) is 1. The van der Waals surface area contributed by atoms with Crippen LogP contribution in [0.5, 0.6) is 5.75 Å². The zero-order chi connectivity index (χ0) is 19.9. The average molecular weight is 418 g/mol. The van der Waals surface area contributed by atoms with Gasteiger partial charge in [-0.1, -0.05) is 22.9 Å². The molecule has 0 spiro atoms. The van der Waals surface area contributed by atoms with Crippen LogP contribution in [-0.4, -0.2) is 36.3 Å². The summed E-state index contributed by atoms with van der Waals surface area (Å²) in [4.78, 5) is 19.5. The first-order valence-electron chi connectivity index (χ1n) is 8.98. The molecule has 9 heteroatoms. The largest absolute Gasteiger partial charge is 0.481 e. The second-order valence-electron chi connectivity index (χ2n) is 6.33. The van der Waals surface area contributed by atoms with Crippen molar-refractivity contribution in [2.75, 3.05) is 18.0 Å². The highest BCUT2D eigenvalue weighted by Crippen LogP contribution is 2.30. The molecule has 1 aliphatic heterocycles. The number of carbonyl (C=O) groups excluding carboxylic acids is 1. The lowest BCUT2D eigenvalue weighted by Gasteiger charge is -2.25. The maximum absolute atomic E-state index is 12.1. The van der Waals surface area contributed by atoms with Crippen molar-refractivity contribution in [3.05, 3.63) is 39.9 Å². The molecule has 0 aliphatic carbocycles. The first-order chi connectivity index (χ1) is 13.6. The lowest BCUT2D eigenvalue weighted by atomic mass is 10.1. The Morgan fingerprint density at radius 2 is 2.11 bits per heavy atom. The van der Waals surface area contributed by atoms with E-state index in [0.717, 1.165) is 31.1 Å². The monoisotopic (exact) mass is 417 g/mol. The second-order valence-corrected chi connectivity index (χ2v) is 7.70. The fourth-order valence-corrected chi connectivity index (χ4v) is 3.89. The van der Waals surface area contributed by atoms with Crippen LogP contribution in [0.4, 0.5) is 5.13 Å². The molecule has 1 aliphatic rings. The predicted octanol–water partition coefficient (Wildman–Crippen LogP) is 3.58. The molecule has 1 amide bonds. The van der Waals surface area contributed by atoms with E-state index in [2.05, 4.69) is 20.4 Å². The molecular weight excluding hydrogens is 398 g/mol. The van der Waals surface area contributed by atoms with E-state index in [1.807, 2.05) is 6.07 Å². The Labute approximate surface area is 172 Å². The number of carbonyl (C=O) groups is 1. The molecule has 0 unspecified atom stereocenters. The van der Waals surface area contributed by atoms with Crippen molar-refractivity contribution in [2.24, 2.45) is 5.10 Å². The number of nitrogens with one attached hydrogen (secondary N) is 1. The number of anilines is 1. The third kappa shape index (κ3) is 5.21. The maximum atomic E-state index is 12.1. The molecular formula is C19H20ClN5O2S. The van der Waals surface area contributed by atoms with Gasteiger partial charge in [-0.15, -0.1) is 0 Å². The number of piperidine rings is 1. The molecule has 28 heavy (non-hydrogen) atoms. The van der Waals surface area contributed by atoms with E-state index in [1.54, 1.807) is 31.2 Å². The van der Waals surface area contributed by atoms with Crippen LogP contribution < -0.4 is 15.1 Å². The van der Waals surface area contributed by atoms with Gasteiger partial charge in [0.25, 0.3) is 5.91 Å². The summed E-state index contributed by atoms with van der Waals surface area (Å²) in [5, 5.41) is 14.0. The molecule has 1 saturated heterocycles. The minimum atomic E-state index is -0.745. The Balaban J connectivity index is 1.53. The molecule has 0 radical (unpaired) electrons. The van der Waals surface area contributed by atoms with Crippen molar-refractivity contribution in [3.8, 4) is 11.8 Å². The molecule has 2 aromatic rings. The van der Waals surface area contributed by atoms with Gasteiger partial charge >= 0.3 is 0 Å². The van der Waals surface area contributed by atoms with E-state index in [4.69, 9.17) is 21.6 Å². The molecule has 7 nitrogen and oxygen atoms in total. The lowest BCUT2D eigenvalue weighted by molar-refractivity contribution is -0.127. The topological polar surface area (TPSA) is 90.6 Å². The zero-order valence-corrected chi connectivity index (χ0v) is 17.0. The van der Waals surface area contributed by atoms with Crippen LogP contribution in [0.25, 0.3) is 0 Å². The van der Waals surface area contributed by atoms with Crippen LogP contribution in [0.1, 0.15) is 36.6 Å². The number of thiazole rings is 1. The van der Waals surface area contributed by atoms with Gasteiger partial charge in [-0.25, -0.2) is 10.4 Å². The number of rotatable bonds is 6. The molecule has 0 bridgehead atoms. The Morgan fingerprint density at radius 1 is 1.39 bits per heavy atom. The smallest absolute Gasteiger partial charge is 0.280 e. The van der Waals surface area contributed by atoms with Crippen molar-refractivity contribution < 1.29 is 9.53 Å². The number of hydrogen-bond acceptors (Lipinski definition) is 7. The number of amides is 1. The van der Waals surface area contributed by atoms with Gasteiger partial charge in [0.05, 0.1) is 22.7 Å². The van der Waals surface area contributed by atoms with E-state index in [0.29, 0.717) is 21.3 Å². The molecule has 1 aromatic carbocycles. The van der Waals surface area contributed by atoms with E-state index in [1.165, 1.54) is 24.0 Å². The second kappa shape index (κ2) is 9.53. The third-order valence-corrected chi connectivity index (χ3v) is 5.70. The van der Waals surface area contributed by atoms with Gasteiger partial charge in [0.15, 0.2) is 16.4 Å². The summed E-state index contributed by atoms with van der Waals surface area (Å²) in [7, 11) is 0. The first-order valence-corrected chi connectivity index (χ1v) is 10.2. The lowest BCUT2D eigenvalue weighted by Crippen LogP contribution is -2.33. The van der Waals surface area contributed by atoms with Crippen LogP contribution in [0.2, 0.25) is 5.15 Å². The number of nitrogens with zero attached hydrogens (tertiary/aromatic N) is 4. The normalized spacial score (nSPS) is 15.2. The van der Waals surface area contributed by atoms with E-state index >= 15 is 0 Å². The van der Waals surface area contributed by atoms with E-state index in [-0.39, 0.29) is 0 Å². The van der Waals surface area contributed by atoms with E-state index in [9.17, 15) is 4.79 Å². The Morgan fingerprint density at radius 3 is 2.79 bits per heavy atom. The summed E-state index contributed by atoms with van der Waals surface area (Å²) in [6, 6.07) is 8.57. The number of hydrogen-bond donors (Lipinski definition) is 1. The number of hydrazone groups is 1. The highest BCUT2D eigenvalue weighted by Gasteiger charge is 2.17. The van der Waals surface area contributed by atoms with Crippen LogP contribution in [-0.2, 0) is 4.79 Å².